The Morgan fingerprint density at radius 1 is 1.17 bits per heavy atom. The fourth-order valence-electron chi connectivity index (χ4n) is 3.18. The van der Waals surface area contributed by atoms with E-state index in [1.54, 1.807) is 0 Å². The first-order valence-electron chi connectivity index (χ1n) is 8.48. The predicted molar refractivity (Wildman–Crippen MR) is 98.0 cm³/mol. The minimum Gasteiger partial charge on any atom is -0.491 e. The average Bonchev–Trinajstić information content (AvgIpc) is 2.80. The van der Waals surface area contributed by atoms with E-state index < -0.39 is 0 Å². The largest absolute Gasteiger partial charge is 0.491 e. The normalized spacial score (nSPS) is 11.0. The van der Waals surface area contributed by atoms with Crippen LogP contribution in [0, 0.1) is 27.7 Å². The highest BCUT2D eigenvalue weighted by atomic mass is 16.5. The molecule has 0 fully saturated rings. The van der Waals surface area contributed by atoms with Crippen LogP contribution in [0.3, 0.4) is 0 Å². The Morgan fingerprint density at radius 3 is 2.46 bits per heavy atom. The molecule has 0 unspecified atom stereocenters. The summed E-state index contributed by atoms with van der Waals surface area (Å²) in [6.45, 7) is 13.3. The first-order chi connectivity index (χ1) is 11.3. The van der Waals surface area contributed by atoms with Crippen LogP contribution in [0.5, 0.6) is 5.75 Å². The van der Waals surface area contributed by atoms with E-state index in [0.717, 1.165) is 28.3 Å². The van der Waals surface area contributed by atoms with Gasteiger partial charge in [-0.2, -0.15) is 0 Å². The molecule has 1 aromatic heterocycles. The molecule has 1 N–H and O–H groups in total. The van der Waals surface area contributed by atoms with Crippen LogP contribution in [0.2, 0.25) is 0 Å². The van der Waals surface area contributed by atoms with Gasteiger partial charge in [-0.1, -0.05) is 17.7 Å². The Labute approximate surface area is 144 Å². The summed E-state index contributed by atoms with van der Waals surface area (Å²) in [5.41, 5.74) is 5.19. The summed E-state index contributed by atoms with van der Waals surface area (Å²) in [6, 6.07) is 8.40. The monoisotopic (exact) mass is 328 g/mol. The molecule has 0 aliphatic carbocycles. The summed E-state index contributed by atoms with van der Waals surface area (Å²) in [4.78, 5) is 12.4. The van der Waals surface area contributed by atoms with Crippen LogP contribution >= 0.6 is 0 Å². The summed E-state index contributed by atoms with van der Waals surface area (Å²) in [6.07, 6.45) is 0. The smallest absolute Gasteiger partial charge is 0.253 e. The van der Waals surface area contributed by atoms with Gasteiger partial charge in [-0.3, -0.25) is 4.79 Å². The molecule has 0 radical (unpaired) electrons. The number of nitrogens with one attached hydrogen (secondary N) is 1. The third-order valence-corrected chi connectivity index (χ3v) is 4.22. The summed E-state index contributed by atoms with van der Waals surface area (Å²) < 4.78 is 7.94. The number of rotatable bonds is 6. The number of hydrogen-bond acceptors (Lipinski definition) is 2. The van der Waals surface area contributed by atoms with E-state index in [9.17, 15) is 4.79 Å². The van der Waals surface area contributed by atoms with Crippen LogP contribution in [-0.2, 0) is 0 Å². The van der Waals surface area contributed by atoms with E-state index in [1.807, 2.05) is 39.0 Å². The molecule has 0 aliphatic heterocycles. The van der Waals surface area contributed by atoms with Crippen LogP contribution in [0.15, 0.2) is 24.3 Å². The standard InChI is InChI=1S/C20H28N2O2/c1-13(2)22-16(5)12-18(17(22)6)20(23)21-9-10-24-19-8-7-14(3)11-15(19)4/h7-8,11-13H,9-10H2,1-6H3,(H,21,23). The Balaban J connectivity index is 1.91. The first kappa shape index (κ1) is 18.1. The molecular weight excluding hydrogens is 300 g/mol. The lowest BCUT2D eigenvalue weighted by Gasteiger charge is -2.14. The topological polar surface area (TPSA) is 43.3 Å². The van der Waals surface area contributed by atoms with Crippen molar-refractivity contribution in [2.45, 2.75) is 47.6 Å². The van der Waals surface area contributed by atoms with Gasteiger partial charge >= 0.3 is 0 Å². The summed E-state index contributed by atoms with van der Waals surface area (Å²) in [5.74, 6) is 0.826. The molecule has 2 rings (SSSR count). The first-order valence-corrected chi connectivity index (χ1v) is 8.48. The van der Waals surface area contributed by atoms with Gasteiger partial charge in [-0.15, -0.1) is 0 Å². The molecule has 0 spiro atoms. The molecule has 1 heterocycles. The zero-order chi connectivity index (χ0) is 17.9. The minimum absolute atomic E-state index is 0.0424. The third kappa shape index (κ3) is 3.99. The minimum atomic E-state index is -0.0424. The lowest BCUT2D eigenvalue weighted by Crippen LogP contribution is -2.28. The molecule has 0 bridgehead atoms. The number of benzene rings is 1. The van der Waals surface area contributed by atoms with Crippen molar-refractivity contribution in [1.82, 2.24) is 9.88 Å². The van der Waals surface area contributed by atoms with Crippen molar-refractivity contribution >= 4 is 5.91 Å². The van der Waals surface area contributed by atoms with Crippen molar-refractivity contribution in [1.29, 1.82) is 0 Å². The number of amides is 1. The molecule has 4 nitrogen and oxygen atoms in total. The van der Waals surface area contributed by atoms with E-state index in [0.29, 0.717) is 19.2 Å². The third-order valence-electron chi connectivity index (χ3n) is 4.22. The molecule has 0 atom stereocenters. The predicted octanol–water partition coefficient (Wildman–Crippen LogP) is 4.11. The lowest BCUT2D eigenvalue weighted by molar-refractivity contribution is 0.0946. The van der Waals surface area contributed by atoms with Crippen molar-refractivity contribution < 1.29 is 9.53 Å². The van der Waals surface area contributed by atoms with Crippen molar-refractivity contribution in [3.8, 4) is 5.75 Å². The van der Waals surface area contributed by atoms with Gasteiger partial charge in [-0.05, 0) is 59.2 Å². The summed E-state index contributed by atoms with van der Waals surface area (Å²) in [7, 11) is 0. The van der Waals surface area contributed by atoms with Gasteiger partial charge in [0.1, 0.15) is 12.4 Å². The highest BCUT2D eigenvalue weighted by Gasteiger charge is 2.16. The lowest BCUT2D eigenvalue weighted by atomic mass is 10.1. The quantitative estimate of drug-likeness (QED) is 0.811. The Hall–Kier alpha value is -2.23. The second-order valence-corrected chi connectivity index (χ2v) is 6.62. The molecular formula is C20H28N2O2. The molecule has 1 aromatic carbocycles. The van der Waals surface area contributed by atoms with E-state index in [4.69, 9.17) is 4.74 Å². The fourth-order valence-corrected chi connectivity index (χ4v) is 3.18. The van der Waals surface area contributed by atoms with Crippen LogP contribution in [0.4, 0.5) is 0 Å². The molecule has 1 amide bonds. The Bertz CT molecular complexity index is 729. The maximum Gasteiger partial charge on any atom is 0.253 e. The molecule has 130 valence electrons. The van der Waals surface area contributed by atoms with Gasteiger partial charge in [0.05, 0.1) is 12.1 Å². The van der Waals surface area contributed by atoms with E-state index in [2.05, 4.69) is 36.7 Å². The van der Waals surface area contributed by atoms with Crippen molar-refractivity contribution in [3.63, 3.8) is 0 Å². The van der Waals surface area contributed by atoms with Crippen LogP contribution < -0.4 is 10.1 Å². The summed E-state index contributed by atoms with van der Waals surface area (Å²) >= 11 is 0. The molecule has 24 heavy (non-hydrogen) atoms. The molecule has 0 aliphatic rings. The number of aromatic nitrogens is 1. The Kier molecular flexibility index (Phi) is 5.71. The SMILES string of the molecule is Cc1ccc(OCCNC(=O)c2cc(C)n(C(C)C)c2C)c(C)c1. The number of nitrogens with zero attached hydrogens (tertiary/aromatic N) is 1. The second kappa shape index (κ2) is 7.56. The van der Waals surface area contributed by atoms with E-state index in [1.165, 1.54) is 5.56 Å². The second-order valence-electron chi connectivity index (χ2n) is 6.62. The summed E-state index contributed by atoms with van der Waals surface area (Å²) in [5, 5.41) is 2.94. The highest BCUT2D eigenvalue weighted by Crippen LogP contribution is 2.20. The number of carbonyl (C=O) groups is 1. The van der Waals surface area contributed by atoms with Gasteiger partial charge in [0.15, 0.2) is 0 Å². The number of ether oxygens (including phenoxy) is 1. The van der Waals surface area contributed by atoms with Gasteiger partial charge in [0.2, 0.25) is 0 Å². The molecule has 0 saturated heterocycles. The molecule has 0 saturated carbocycles. The molecule has 4 heteroatoms. The van der Waals surface area contributed by atoms with Crippen molar-refractivity contribution in [2.24, 2.45) is 0 Å². The van der Waals surface area contributed by atoms with Crippen LogP contribution in [-0.4, -0.2) is 23.6 Å². The fraction of sp³-hybridized carbons (Fsp3) is 0.450. The number of carbonyl (C=O) groups excluding carboxylic acids is 1. The van der Waals surface area contributed by atoms with Crippen LogP contribution in [0.1, 0.15) is 52.8 Å². The van der Waals surface area contributed by atoms with Gasteiger partial charge in [-0.25, -0.2) is 0 Å². The van der Waals surface area contributed by atoms with Gasteiger partial charge in [0.25, 0.3) is 5.91 Å². The number of aryl methyl sites for hydroxylation is 3. The zero-order valence-corrected chi connectivity index (χ0v) is 15.6. The maximum atomic E-state index is 12.4. The van der Waals surface area contributed by atoms with Crippen molar-refractivity contribution in [3.05, 3.63) is 52.3 Å². The number of hydrogen-bond donors (Lipinski definition) is 1. The average molecular weight is 328 g/mol. The Morgan fingerprint density at radius 2 is 1.88 bits per heavy atom. The van der Waals surface area contributed by atoms with Gasteiger partial charge in [0, 0.05) is 17.4 Å². The van der Waals surface area contributed by atoms with Crippen molar-refractivity contribution in [2.75, 3.05) is 13.2 Å². The molecule has 2 aromatic rings. The van der Waals surface area contributed by atoms with Crippen LogP contribution in [0.25, 0.3) is 0 Å². The van der Waals surface area contributed by atoms with Gasteiger partial charge < -0.3 is 14.6 Å². The zero-order valence-electron chi connectivity index (χ0n) is 15.6. The highest BCUT2D eigenvalue weighted by molar-refractivity contribution is 5.95. The van der Waals surface area contributed by atoms with E-state index in [-0.39, 0.29) is 5.91 Å². The van der Waals surface area contributed by atoms with E-state index >= 15 is 0 Å². The maximum absolute atomic E-state index is 12.4.